The minimum atomic E-state index is -0.583. The van der Waals surface area contributed by atoms with Gasteiger partial charge in [-0.1, -0.05) is 6.07 Å². The summed E-state index contributed by atoms with van der Waals surface area (Å²) in [5, 5.41) is 16.9. The molecule has 0 amide bonds. The lowest BCUT2D eigenvalue weighted by Gasteiger charge is -2.40. The van der Waals surface area contributed by atoms with Crippen LogP contribution in [0.2, 0.25) is 0 Å². The minimum absolute atomic E-state index is 0.583. The zero-order chi connectivity index (χ0) is 10.9. The number of rotatable bonds is 2. The third-order valence-corrected chi connectivity index (χ3v) is 4.18. The maximum absolute atomic E-state index is 10.5. The summed E-state index contributed by atoms with van der Waals surface area (Å²) in [6, 6.07) is 4.05. The summed E-state index contributed by atoms with van der Waals surface area (Å²) < 4.78 is 0. The molecular formula is C11H18N2OS. The monoisotopic (exact) mass is 226 g/mol. The van der Waals surface area contributed by atoms with Gasteiger partial charge in [0.15, 0.2) is 0 Å². The predicted molar refractivity (Wildman–Crippen MR) is 62.7 cm³/mol. The molecule has 1 N–H and O–H groups in total. The zero-order valence-corrected chi connectivity index (χ0v) is 10.1. The van der Waals surface area contributed by atoms with Gasteiger partial charge >= 0.3 is 0 Å². The maximum atomic E-state index is 10.5. The van der Waals surface area contributed by atoms with Crippen molar-refractivity contribution in [1.82, 2.24) is 10.0 Å². The van der Waals surface area contributed by atoms with Gasteiger partial charge in [-0.3, -0.25) is 0 Å². The topological polar surface area (TPSA) is 26.7 Å². The van der Waals surface area contributed by atoms with Crippen LogP contribution in [0.1, 0.15) is 17.7 Å². The van der Waals surface area contributed by atoms with Crippen LogP contribution in [-0.2, 0) is 5.60 Å². The Labute approximate surface area is 94.9 Å². The maximum Gasteiger partial charge on any atom is 0.101 e. The quantitative estimate of drug-likeness (QED) is 0.828. The predicted octanol–water partition coefficient (Wildman–Crippen LogP) is 1.51. The highest BCUT2D eigenvalue weighted by Crippen LogP contribution is 2.35. The van der Waals surface area contributed by atoms with Crippen LogP contribution in [0.3, 0.4) is 0 Å². The van der Waals surface area contributed by atoms with Gasteiger partial charge in [0.1, 0.15) is 5.60 Å². The summed E-state index contributed by atoms with van der Waals surface area (Å²) in [4.78, 5) is 1.11. The Morgan fingerprint density at radius 3 is 2.53 bits per heavy atom. The van der Waals surface area contributed by atoms with Crippen molar-refractivity contribution in [3.8, 4) is 0 Å². The van der Waals surface area contributed by atoms with Crippen LogP contribution >= 0.6 is 11.3 Å². The molecule has 0 radical (unpaired) electrons. The minimum Gasteiger partial charge on any atom is -0.384 e. The summed E-state index contributed by atoms with van der Waals surface area (Å²) >= 11 is 1.66. The molecule has 0 aliphatic carbocycles. The van der Waals surface area contributed by atoms with Crippen LogP contribution in [0.25, 0.3) is 0 Å². The molecule has 1 fully saturated rings. The van der Waals surface area contributed by atoms with Crippen LogP contribution in [0.15, 0.2) is 17.5 Å². The van der Waals surface area contributed by atoms with Gasteiger partial charge in [-0.2, -0.15) is 0 Å². The first-order valence-electron chi connectivity index (χ1n) is 5.30. The molecule has 0 spiro atoms. The van der Waals surface area contributed by atoms with E-state index in [1.54, 1.807) is 11.3 Å². The van der Waals surface area contributed by atoms with Crippen molar-refractivity contribution >= 4 is 11.3 Å². The molecule has 3 nitrogen and oxygen atoms in total. The first-order valence-corrected chi connectivity index (χ1v) is 6.18. The van der Waals surface area contributed by atoms with Crippen molar-refractivity contribution in [2.75, 3.05) is 27.2 Å². The third kappa shape index (κ3) is 2.23. The van der Waals surface area contributed by atoms with Gasteiger partial charge in [0.2, 0.25) is 0 Å². The molecule has 0 atom stereocenters. The molecule has 4 heteroatoms. The Kier molecular flexibility index (Phi) is 3.11. The van der Waals surface area contributed by atoms with E-state index >= 15 is 0 Å². The molecule has 0 bridgehead atoms. The van der Waals surface area contributed by atoms with Gasteiger partial charge in [0, 0.05) is 32.1 Å². The van der Waals surface area contributed by atoms with E-state index in [-0.39, 0.29) is 0 Å². The van der Waals surface area contributed by atoms with Gasteiger partial charge in [-0.05, 0) is 24.3 Å². The van der Waals surface area contributed by atoms with Crippen molar-refractivity contribution in [3.63, 3.8) is 0 Å². The van der Waals surface area contributed by atoms with Crippen molar-refractivity contribution in [2.24, 2.45) is 0 Å². The van der Waals surface area contributed by atoms with Gasteiger partial charge in [0.05, 0.1) is 0 Å². The molecule has 1 aromatic rings. The van der Waals surface area contributed by atoms with E-state index in [0.717, 1.165) is 30.8 Å². The van der Waals surface area contributed by atoms with Crippen LogP contribution in [0.5, 0.6) is 0 Å². The molecule has 2 rings (SSSR count). The van der Waals surface area contributed by atoms with Crippen LogP contribution in [-0.4, -0.2) is 42.3 Å². The number of aliphatic hydroxyl groups is 1. The van der Waals surface area contributed by atoms with Crippen molar-refractivity contribution < 1.29 is 5.11 Å². The fraction of sp³-hybridized carbons (Fsp3) is 0.636. The molecule has 15 heavy (non-hydrogen) atoms. The van der Waals surface area contributed by atoms with Gasteiger partial charge in [-0.25, -0.2) is 10.0 Å². The largest absolute Gasteiger partial charge is 0.384 e. The van der Waals surface area contributed by atoms with Crippen molar-refractivity contribution in [1.29, 1.82) is 0 Å². The van der Waals surface area contributed by atoms with Crippen molar-refractivity contribution in [3.05, 3.63) is 22.4 Å². The molecule has 84 valence electrons. The summed E-state index contributed by atoms with van der Waals surface area (Å²) in [7, 11) is 4.10. The van der Waals surface area contributed by atoms with E-state index in [1.807, 2.05) is 17.5 Å². The number of piperidine rings is 1. The Balaban J connectivity index is 2.03. The smallest absolute Gasteiger partial charge is 0.101 e. The normalized spacial score (nSPS) is 22.1. The molecule has 2 heterocycles. The molecule has 0 saturated carbocycles. The molecule has 1 aliphatic rings. The third-order valence-electron chi connectivity index (χ3n) is 3.11. The average Bonchev–Trinajstić information content (AvgIpc) is 2.71. The SMILES string of the molecule is CN(C)N1CCC(O)(c2cccs2)CC1. The van der Waals surface area contributed by atoms with Crippen LogP contribution in [0, 0.1) is 0 Å². The highest BCUT2D eigenvalue weighted by atomic mass is 32.1. The Bertz CT molecular complexity index is 302. The fourth-order valence-corrected chi connectivity index (χ4v) is 2.94. The summed E-state index contributed by atoms with van der Waals surface area (Å²) in [5.74, 6) is 0. The summed E-state index contributed by atoms with van der Waals surface area (Å²) in [6.07, 6.45) is 1.65. The summed E-state index contributed by atoms with van der Waals surface area (Å²) in [5.41, 5.74) is -0.583. The first kappa shape index (κ1) is 11.1. The van der Waals surface area contributed by atoms with E-state index in [0.29, 0.717) is 0 Å². The van der Waals surface area contributed by atoms with E-state index in [1.165, 1.54) is 0 Å². The number of hydrogen-bond donors (Lipinski definition) is 1. The van der Waals surface area contributed by atoms with E-state index < -0.39 is 5.60 Å². The van der Waals surface area contributed by atoms with E-state index in [9.17, 15) is 5.11 Å². The van der Waals surface area contributed by atoms with Crippen LogP contribution in [0.4, 0.5) is 0 Å². The second kappa shape index (κ2) is 4.22. The number of nitrogens with zero attached hydrogens (tertiary/aromatic N) is 2. The standard InChI is InChI=1S/C11H18N2OS/c1-12(2)13-7-5-11(14,6-8-13)10-4-3-9-15-10/h3-4,9,14H,5-8H2,1-2H3. The lowest BCUT2D eigenvalue weighted by Crippen LogP contribution is -2.47. The Hall–Kier alpha value is -0.420. The summed E-state index contributed by atoms with van der Waals surface area (Å²) in [6.45, 7) is 1.86. The zero-order valence-electron chi connectivity index (χ0n) is 9.31. The highest BCUT2D eigenvalue weighted by Gasteiger charge is 2.35. The van der Waals surface area contributed by atoms with E-state index in [4.69, 9.17) is 0 Å². The molecule has 1 saturated heterocycles. The molecule has 0 unspecified atom stereocenters. The lowest BCUT2D eigenvalue weighted by molar-refractivity contribution is -0.0809. The fourth-order valence-electron chi connectivity index (χ4n) is 2.05. The Morgan fingerprint density at radius 1 is 1.40 bits per heavy atom. The molecule has 1 aliphatic heterocycles. The number of hydrazine groups is 1. The second-order valence-corrected chi connectivity index (χ2v) is 5.26. The number of hydrogen-bond acceptors (Lipinski definition) is 4. The number of thiophene rings is 1. The second-order valence-electron chi connectivity index (χ2n) is 4.31. The van der Waals surface area contributed by atoms with E-state index in [2.05, 4.69) is 24.1 Å². The van der Waals surface area contributed by atoms with Gasteiger partial charge in [0.25, 0.3) is 0 Å². The first-order chi connectivity index (χ1) is 7.12. The molecular weight excluding hydrogens is 208 g/mol. The van der Waals surface area contributed by atoms with Crippen LogP contribution < -0.4 is 0 Å². The van der Waals surface area contributed by atoms with Crippen molar-refractivity contribution in [2.45, 2.75) is 18.4 Å². The van der Waals surface area contributed by atoms with Gasteiger partial charge < -0.3 is 5.11 Å². The molecule has 0 aromatic carbocycles. The average molecular weight is 226 g/mol. The Morgan fingerprint density at radius 2 is 2.07 bits per heavy atom. The lowest BCUT2D eigenvalue weighted by atomic mass is 9.90. The molecule has 1 aromatic heterocycles. The van der Waals surface area contributed by atoms with Gasteiger partial charge in [-0.15, -0.1) is 11.3 Å². The highest BCUT2D eigenvalue weighted by molar-refractivity contribution is 7.10.